The average molecular weight is 291 g/mol. The summed E-state index contributed by atoms with van der Waals surface area (Å²) in [6.45, 7) is 2.56. The lowest BCUT2D eigenvalue weighted by Crippen LogP contribution is -2.02. The number of hydrogen-bond donors (Lipinski definition) is 1. The number of anilines is 1. The molecule has 0 spiro atoms. The van der Waals surface area contributed by atoms with Gasteiger partial charge in [0.2, 0.25) is 0 Å². The molecule has 0 amide bonds. The molecule has 0 heterocycles. The number of nitrogens with one attached hydrogen (secondary N) is 1. The molecule has 0 saturated carbocycles. The van der Waals surface area contributed by atoms with Crippen molar-refractivity contribution in [3.8, 4) is 6.07 Å². The van der Waals surface area contributed by atoms with E-state index in [0.717, 1.165) is 16.8 Å². The molecule has 0 aliphatic carbocycles. The van der Waals surface area contributed by atoms with Gasteiger partial charge in [0.05, 0.1) is 22.3 Å². The molecular formula is C15H12Cl2N2. The monoisotopic (exact) mass is 290 g/mol. The number of aryl methyl sites for hydroxylation is 1. The fraction of sp³-hybridized carbons (Fsp3) is 0.133. The summed E-state index contributed by atoms with van der Waals surface area (Å²) >= 11 is 12.3. The molecule has 0 bridgehead atoms. The summed E-state index contributed by atoms with van der Waals surface area (Å²) in [4.78, 5) is 0. The topological polar surface area (TPSA) is 35.8 Å². The average Bonchev–Trinajstić information content (AvgIpc) is 2.39. The van der Waals surface area contributed by atoms with Gasteiger partial charge in [-0.15, -0.1) is 0 Å². The van der Waals surface area contributed by atoms with Crippen LogP contribution in [0.15, 0.2) is 36.4 Å². The first-order valence-corrected chi connectivity index (χ1v) is 6.55. The molecule has 4 heteroatoms. The molecule has 0 saturated heterocycles. The van der Waals surface area contributed by atoms with Crippen molar-refractivity contribution in [2.45, 2.75) is 13.5 Å². The maximum Gasteiger partial charge on any atom is 0.0992 e. The van der Waals surface area contributed by atoms with Gasteiger partial charge in [0.1, 0.15) is 0 Å². The zero-order valence-corrected chi connectivity index (χ0v) is 11.9. The second-order valence-electron chi connectivity index (χ2n) is 4.20. The zero-order chi connectivity index (χ0) is 13.8. The van der Waals surface area contributed by atoms with Crippen LogP contribution in [0.3, 0.4) is 0 Å². The van der Waals surface area contributed by atoms with Crippen LogP contribution in [0.1, 0.15) is 16.7 Å². The number of hydrogen-bond acceptors (Lipinski definition) is 2. The minimum Gasteiger partial charge on any atom is -0.379 e. The Balaban J connectivity index is 2.17. The van der Waals surface area contributed by atoms with E-state index in [1.807, 2.05) is 31.2 Å². The summed E-state index contributed by atoms with van der Waals surface area (Å²) < 4.78 is 0. The van der Waals surface area contributed by atoms with Crippen molar-refractivity contribution in [2.24, 2.45) is 0 Å². The summed E-state index contributed by atoms with van der Waals surface area (Å²) in [5.41, 5.74) is 3.48. The molecule has 0 aliphatic rings. The Bertz CT molecular complexity index is 625. The molecule has 2 aromatic carbocycles. The molecule has 0 fully saturated rings. The quantitative estimate of drug-likeness (QED) is 0.882. The largest absolute Gasteiger partial charge is 0.379 e. The minimum absolute atomic E-state index is 0.558. The van der Waals surface area contributed by atoms with Crippen molar-refractivity contribution in [2.75, 3.05) is 5.32 Å². The number of halogens is 2. The Hall–Kier alpha value is -1.69. The number of benzene rings is 2. The standard InChI is InChI=1S/C15H12Cl2N2/c1-10-3-2-4-13(16)15(10)19-9-12-6-5-11(8-18)7-14(12)17/h2-7,19H,9H2,1H3. The smallest absolute Gasteiger partial charge is 0.0992 e. The summed E-state index contributed by atoms with van der Waals surface area (Å²) in [5, 5.41) is 13.3. The molecule has 19 heavy (non-hydrogen) atoms. The first-order chi connectivity index (χ1) is 9.11. The first-order valence-electron chi connectivity index (χ1n) is 5.79. The molecule has 2 nitrogen and oxygen atoms in total. The van der Waals surface area contributed by atoms with Crippen LogP contribution in [0.4, 0.5) is 5.69 Å². The predicted molar refractivity (Wildman–Crippen MR) is 79.7 cm³/mol. The van der Waals surface area contributed by atoms with Crippen LogP contribution in [0.5, 0.6) is 0 Å². The number of para-hydroxylation sites is 1. The number of rotatable bonds is 3. The van der Waals surface area contributed by atoms with Crippen LogP contribution < -0.4 is 5.32 Å². The van der Waals surface area contributed by atoms with Gasteiger partial charge in [0, 0.05) is 11.6 Å². The summed E-state index contributed by atoms with van der Waals surface area (Å²) in [6, 6.07) is 13.1. The van der Waals surface area contributed by atoms with Gasteiger partial charge in [-0.3, -0.25) is 0 Å². The summed E-state index contributed by atoms with van der Waals surface area (Å²) in [6.07, 6.45) is 0. The SMILES string of the molecule is Cc1cccc(Cl)c1NCc1ccc(C#N)cc1Cl. The summed E-state index contributed by atoms with van der Waals surface area (Å²) in [5.74, 6) is 0. The van der Waals surface area contributed by atoms with Gasteiger partial charge in [0.15, 0.2) is 0 Å². The van der Waals surface area contributed by atoms with Gasteiger partial charge in [0.25, 0.3) is 0 Å². The molecule has 0 unspecified atom stereocenters. The van der Waals surface area contributed by atoms with Crippen LogP contribution in [0.25, 0.3) is 0 Å². The third-order valence-corrected chi connectivity index (χ3v) is 3.53. The van der Waals surface area contributed by atoms with Crippen molar-refractivity contribution in [3.05, 3.63) is 63.1 Å². The third kappa shape index (κ3) is 3.20. The lowest BCUT2D eigenvalue weighted by atomic mass is 10.1. The van der Waals surface area contributed by atoms with Crippen LogP contribution in [0, 0.1) is 18.3 Å². The number of nitriles is 1. The van der Waals surface area contributed by atoms with Gasteiger partial charge in [-0.05, 0) is 36.2 Å². The van der Waals surface area contributed by atoms with E-state index in [-0.39, 0.29) is 0 Å². The van der Waals surface area contributed by atoms with Crippen LogP contribution in [-0.2, 0) is 6.54 Å². The highest BCUT2D eigenvalue weighted by Gasteiger charge is 2.05. The van der Waals surface area contributed by atoms with E-state index in [2.05, 4.69) is 11.4 Å². The first kappa shape index (κ1) is 13.7. The Kier molecular flexibility index (Phi) is 4.31. The van der Waals surface area contributed by atoms with E-state index in [4.69, 9.17) is 28.5 Å². The van der Waals surface area contributed by atoms with Crippen LogP contribution in [-0.4, -0.2) is 0 Å². The molecule has 0 aliphatic heterocycles. The Morgan fingerprint density at radius 2 is 1.95 bits per heavy atom. The molecule has 0 aromatic heterocycles. The van der Waals surface area contributed by atoms with E-state index in [0.29, 0.717) is 22.2 Å². The summed E-state index contributed by atoms with van der Waals surface area (Å²) in [7, 11) is 0. The predicted octanol–water partition coefficient (Wildman–Crippen LogP) is 4.79. The van der Waals surface area contributed by atoms with E-state index in [1.54, 1.807) is 12.1 Å². The third-order valence-electron chi connectivity index (χ3n) is 2.86. The van der Waals surface area contributed by atoms with Crippen molar-refractivity contribution in [1.29, 1.82) is 5.26 Å². The van der Waals surface area contributed by atoms with Crippen molar-refractivity contribution >= 4 is 28.9 Å². The fourth-order valence-corrected chi connectivity index (χ4v) is 2.34. The van der Waals surface area contributed by atoms with Gasteiger partial charge in [-0.1, -0.05) is 41.4 Å². The molecular weight excluding hydrogens is 279 g/mol. The van der Waals surface area contributed by atoms with Crippen LogP contribution >= 0.6 is 23.2 Å². The Labute approximate surface area is 122 Å². The lowest BCUT2D eigenvalue weighted by Gasteiger charge is -2.12. The second kappa shape index (κ2) is 5.97. The van der Waals surface area contributed by atoms with Gasteiger partial charge in [-0.2, -0.15) is 5.26 Å². The van der Waals surface area contributed by atoms with Crippen molar-refractivity contribution in [3.63, 3.8) is 0 Å². The van der Waals surface area contributed by atoms with E-state index in [1.165, 1.54) is 0 Å². The fourth-order valence-electron chi connectivity index (χ4n) is 1.80. The van der Waals surface area contributed by atoms with Gasteiger partial charge < -0.3 is 5.32 Å². The Morgan fingerprint density at radius 1 is 1.16 bits per heavy atom. The van der Waals surface area contributed by atoms with Crippen molar-refractivity contribution < 1.29 is 0 Å². The van der Waals surface area contributed by atoms with E-state index >= 15 is 0 Å². The highest BCUT2D eigenvalue weighted by atomic mass is 35.5. The maximum atomic E-state index is 8.79. The molecule has 0 atom stereocenters. The van der Waals surface area contributed by atoms with Crippen LogP contribution in [0.2, 0.25) is 10.0 Å². The van der Waals surface area contributed by atoms with Gasteiger partial charge in [-0.25, -0.2) is 0 Å². The lowest BCUT2D eigenvalue weighted by molar-refractivity contribution is 1.14. The number of nitrogens with zero attached hydrogens (tertiary/aromatic N) is 1. The molecule has 96 valence electrons. The molecule has 0 radical (unpaired) electrons. The molecule has 1 N–H and O–H groups in total. The molecule has 2 rings (SSSR count). The van der Waals surface area contributed by atoms with E-state index in [9.17, 15) is 0 Å². The zero-order valence-electron chi connectivity index (χ0n) is 10.4. The van der Waals surface area contributed by atoms with Gasteiger partial charge >= 0.3 is 0 Å². The highest BCUT2D eigenvalue weighted by Crippen LogP contribution is 2.27. The maximum absolute atomic E-state index is 8.79. The normalized spacial score (nSPS) is 10.0. The minimum atomic E-state index is 0.558. The Morgan fingerprint density at radius 3 is 2.58 bits per heavy atom. The van der Waals surface area contributed by atoms with E-state index < -0.39 is 0 Å². The molecule has 2 aromatic rings. The second-order valence-corrected chi connectivity index (χ2v) is 5.02. The van der Waals surface area contributed by atoms with Crippen molar-refractivity contribution in [1.82, 2.24) is 0 Å². The highest BCUT2D eigenvalue weighted by molar-refractivity contribution is 6.33.